The van der Waals surface area contributed by atoms with Crippen LogP contribution in [0.25, 0.3) is 0 Å². The lowest BCUT2D eigenvalue weighted by Gasteiger charge is -2.14. The van der Waals surface area contributed by atoms with Crippen LogP contribution in [-0.4, -0.2) is 38.5 Å². The Balaban J connectivity index is 1.53. The smallest absolute Gasteiger partial charge is 0.191 e. The Labute approximate surface area is 129 Å². The predicted octanol–water partition coefficient (Wildman–Crippen LogP) is 1.38. The van der Waals surface area contributed by atoms with Crippen LogP contribution in [0.5, 0.6) is 0 Å². The van der Waals surface area contributed by atoms with E-state index in [4.69, 9.17) is 0 Å². The van der Waals surface area contributed by atoms with Crippen molar-refractivity contribution in [3.05, 3.63) is 22.4 Å². The van der Waals surface area contributed by atoms with Crippen molar-refractivity contribution in [2.24, 2.45) is 10.9 Å². The van der Waals surface area contributed by atoms with Crippen LogP contribution in [0.3, 0.4) is 0 Å². The summed E-state index contributed by atoms with van der Waals surface area (Å²) < 4.78 is 23.0. The zero-order chi connectivity index (χ0) is 14.7. The molecule has 1 aliphatic heterocycles. The summed E-state index contributed by atoms with van der Waals surface area (Å²) >= 11 is 1.70. The van der Waals surface area contributed by atoms with E-state index < -0.39 is 9.84 Å². The van der Waals surface area contributed by atoms with E-state index in [1.807, 2.05) is 6.07 Å². The molecule has 2 aliphatic rings. The van der Waals surface area contributed by atoms with E-state index in [-0.39, 0.29) is 5.92 Å². The quantitative estimate of drug-likeness (QED) is 0.633. The van der Waals surface area contributed by atoms with Crippen LogP contribution in [0.1, 0.15) is 24.1 Å². The van der Waals surface area contributed by atoms with Gasteiger partial charge < -0.3 is 10.6 Å². The van der Waals surface area contributed by atoms with Crippen molar-refractivity contribution in [1.82, 2.24) is 10.6 Å². The van der Waals surface area contributed by atoms with Gasteiger partial charge in [-0.05, 0) is 36.6 Å². The third kappa shape index (κ3) is 4.71. The van der Waals surface area contributed by atoms with Crippen LogP contribution in [0.15, 0.2) is 22.5 Å². The first-order chi connectivity index (χ1) is 10.1. The summed E-state index contributed by atoms with van der Waals surface area (Å²) in [5.74, 6) is 1.66. The fourth-order valence-electron chi connectivity index (χ4n) is 2.41. The minimum atomic E-state index is -2.80. The zero-order valence-electron chi connectivity index (χ0n) is 11.9. The molecule has 2 fully saturated rings. The van der Waals surface area contributed by atoms with Gasteiger partial charge in [0.25, 0.3) is 0 Å². The number of guanidine groups is 1. The van der Waals surface area contributed by atoms with E-state index in [9.17, 15) is 8.42 Å². The van der Waals surface area contributed by atoms with Crippen LogP contribution in [-0.2, 0) is 16.4 Å². The minimum Gasteiger partial charge on any atom is -0.356 e. The number of hydrogen-bond acceptors (Lipinski definition) is 4. The summed E-state index contributed by atoms with van der Waals surface area (Å²) in [4.78, 5) is 5.83. The summed E-state index contributed by atoms with van der Waals surface area (Å²) in [5.41, 5.74) is 0. The molecule has 0 bridgehead atoms. The average Bonchev–Trinajstić information content (AvgIpc) is 2.97. The molecule has 2 N–H and O–H groups in total. The monoisotopic (exact) mass is 327 g/mol. The summed E-state index contributed by atoms with van der Waals surface area (Å²) in [6, 6.07) is 4.64. The molecule has 1 atom stereocenters. The first kappa shape index (κ1) is 14.8. The number of aliphatic imine (C=N–C) groups is 1. The molecule has 21 heavy (non-hydrogen) atoms. The summed E-state index contributed by atoms with van der Waals surface area (Å²) in [6.07, 6.45) is 3.14. The van der Waals surface area contributed by atoms with E-state index in [2.05, 4.69) is 27.1 Å². The maximum absolute atomic E-state index is 11.5. The molecule has 1 saturated heterocycles. The van der Waals surface area contributed by atoms with Gasteiger partial charge in [0.15, 0.2) is 15.8 Å². The Morgan fingerprint density at radius 3 is 2.86 bits per heavy atom. The van der Waals surface area contributed by atoms with E-state index >= 15 is 0 Å². The van der Waals surface area contributed by atoms with Gasteiger partial charge in [0.05, 0.1) is 18.1 Å². The molecule has 1 unspecified atom stereocenters. The zero-order valence-corrected chi connectivity index (χ0v) is 13.5. The van der Waals surface area contributed by atoms with E-state index in [1.165, 1.54) is 17.7 Å². The van der Waals surface area contributed by atoms with Crippen molar-refractivity contribution in [3.63, 3.8) is 0 Å². The molecule has 5 nitrogen and oxygen atoms in total. The molecule has 0 amide bonds. The van der Waals surface area contributed by atoms with E-state index in [1.54, 1.807) is 11.3 Å². The second-order valence-electron chi connectivity index (χ2n) is 5.81. The number of nitrogens with one attached hydrogen (secondary N) is 2. The number of thiophene rings is 1. The molecule has 0 aromatic carbocycles. The Bertz CT molecular complexity index is 592. The summed E-state index contributed by atoms with van der Waals surface area (Å²) in [6.45, 7) is 1.35. The highest BCUT2D eigenvalue weighted by Gasteiger charge is 2.28. The number of hydrogen-bond donors (Lipinski definition) is 2. The van der Waals surface area contributed by atoms with Crippen LogP contribution in [0.4, 0.5) is 0 Å². The fourth-order valence-corrected chi connectivity index (χ4v) is 4.90. The van der Waals surface area contributed by atoms with Gasteiger partial charge in [-0.1, -0.05) is 6.07 Å². The first-order valence-corrected chi connectivity index (χ1v) is 10.1. The summed E-state index contributed by atoms with van der Waals surface area (Å²) in [7, 11) is -2.80. The molecule has 116 valence electrons. The molecular weight excluding hydrogens is 306 g/mol. The SMILES string of the molecule is O=S1(=O)CCC(CNC(=NCc2cccs2)NC2CC2)C1. The normalized spacial score (nSPS) is 25.0. The van der Waals surface area contributed by atoms with Crippen LogP contribution in [0, 0.1) is 5.92 Å². The van der Waals surface area contributed by atoms with Gasteiger partial charge in [0, 0.05) is 17.5 Å². The fraction of sp³-hybridized carbons (Fsp3) is 0.643. The minimum absolute atomic E-state index is 0.211. The third-order valence-electron chi connectivity index (χ3n) is 3.78. The molecule has 0 radical (unpaired) electrons. The molecule has 1 aromatic rings. The Hall–Kier alpha value is -1.08. The Morgan fingerprint density at radius 2 is 2.24 bits per heavy atom. The van der Waals surface area contributed by atoms with Gasteiger partial charge in [-0.2, -0.15) is 0 Å². The van der Waals surface area contributed by atoms with Crippen molar-refractivity contribution in [1.29, 1.82) is 0 Å². The Kier molecular flexibility index (Phi) is 4.49. The van der Waals surface area contributed by atoms with Crippen LogP contribution >= 0.6 is 11.3 Å². The van der Waals surface area contributed by atoms with Gasteiger partial charge in [0.2, 0.25) is 0 Å². The lowest BCUT2D eigenvalue weighted by molar-refractivity contribution is 0.566. The van der Waals surface area contributed by atoms with Crippen molar-refractivity contribution < 1.29 is 8.42 Å². The molecule has 1 aromatic heterocycles. The van der Waals surface area contributed by atoms with E-state index in [0.717, 1.165) is 12.4 Å². The van der Waals surface area contributed by atoms with Gasteiger partial charge in [-0.3, -0.25) is 0 Å². The number of nitrogens with zero attached hydrogens (tertiary/aromatic N) is 1. The predicted molar refractivity (Wildman–Crippen MR) is 86.4 cm³/mol. The largest absolute Gasteiger partial charge is 0.356 e. The van der Waals surface area contributed by atoms with Crippen LogP contribution < -0.4 is 10.6 Å². The standard InChI is InChI=1S/C14H21N3O2S2/c18-21(19)7-5-11(10-21)8-15-14(17-12-3-4-12)16-9-13-2-1-6-20-13/h1-2,6,11-12H,3-5,7-10H2,(H2,15,16,17). The molecule has 0 spiro atoms. The van der Waals surface area contributed by atoms with Gasteiger partial charge in [-0.25, -0.2) is 13.4 Å². The van der Waals surface area contributed by atoms with Crippen molar-refractivity contribution in [2.45, 2.75) is 31.8 Å². The highest BCUT2D eigenvalue weighted by Crippen LogP contribution is 2.19. The number of rotatable bonds is 5. The second-order valence-corrected chi connectivity index (χ2v) is 9.07. The van der Waals surface area contributed by atoms with Crippen LogP contribution in [0.2, 0.25) is 0 Å². The summed E-state index contributed by atoms with van der Waals surface area (Å²) in [5, 5.41) is 8.76. The second kappa shape index (κ2) is 6.36. The number of sulfone groups is 1. The average molecular weight is 327 g/mol. The highest BCUT2D eigenvalue weighted by molar-refractivity contribution is 7.91. The lowest BCUT2D eigenvalue weighted by atomic mass is 10.1. The third-order valence-corrected chi connectivity index (χ3v) is 6.47. The highest BCUT2D eigenvalue weighted by atomic mass is 32.2. The lowest BCUT2D eigenvalue weighted by Crippen LogP contribution is -2.41. The molecule has 3 rings (SSSR count). The molecule has 7 heteroatoms. The first-order valence-electron chi connectivity index (χ1n) is 7.38. The van der Waals surface area contributed by atoms with Gasteiger partial charge in [0.1, 0.15) is 0 Å². The maximum atomic E-state index is 11.5. The van der Waals surface area contributed by atoms with Crippen molar-refractivity contribution in [2.75, 3.05) is 18.1 Å². The van der Waals surface area contributed by atoms with Gasteiger partial charge >= 0.3 is 0 Å². The molecular formula is C14H21N3O2S2. The molecule has 2 heterocycles. The maximum Gasteiger partial charge on any atom is 0.191 e. The van der Waals surface area contributed by atoms with Gasteiger partial charge in [-0.15, -0.1) is 11.3 Å². The van der Waals surface area contributed by atoms with Crippen molar-refractivity contribution in [3.8, 4) is 0 Å². The topological polar surface area (TPSA) is 70.6 Å². The Morgan fingerprint density at radius 1 is 1.38 bits per heavy atom. The van der Waals surface area contributed by atoms with E-state index in [0.29, 0.717) is 30.6 Å². The molecule has 1 aliphatic carbocycles. The van der Waals surface area contributed by atoms with Crippen molar-refractivity contribution >= 4 is 27.1 Å². The molecule has 1 saturated carbocycles.